The van der Waals surface area contributed by atoms with Gasteiger partial charge in [0.25, 0.3) is 0 Å². The number of nitroso groups, excluding NO2 is 1. The minimum atomic E-state index is -1.42. The summed E-state index contributed by atoms with van der Waals surface area (Å²) < 4.78 is 34.3. The Kier molecular flexibility index (Phi) is 7.15. The van der Waals surface area contributed by atoms with Gasteiger partial charge in [0.15, 0.2) is 12.0 Å². The number of nitrogens with two attached hydrogens (primary N) is 1. The number of hydrogen-bond donors (Lipinski definition) is 3. The Hall–Kier alpha value is -2.97. The quantitative estimate of drug-likeness (QED) is 0.478. The van der Waals surface area contributed by atoms with E-state index in [0.717, 1.165) is 6.20 Å². The highest BCUT2D eigenvalue weighted by molar-refractivity contribution is 5.96. The maximum atomic E-state index is 15.0. The molecule has 14 heteroatoms. The lowest BCUT2D eigenvalue weighted by atomic mass is 9.91. The van der Waals surface area contributed by atoms with Gasteiger partial charge >= 0.3 is 6.09 Å². The van der Waals surface area contributed by atoms with Crippen LogP contribution >= 0.6 is 0 Å². The lowest BCUT2D eigenvalue weighted by Crippen LogP contribution is -2.62. The fraction of sp³-hybridized carbons (Fsp3) is 0.667. The van der Waals surface area contributed by atoms with Gasteiger partial charge in [0.05, 0.1) is 30.8 Å². The van der Waals surface area contributed by atoms with Crippen molar-refractivity contribution in [3.8, 4) is 0 Å². The Morgan fingerprint density at radius 1 is 1.37 bits per heavy atom. The first-order valence-electron chi connectivity index (χ1n) is 11.4. The van der Waals surface area contributed by atoms with Crippen LogP contribution in [0.4, 0.5) is 25.0 Å². The second-order valence-corrected chi connectivity index (χ2v) is 9.41. The number of anilines is 2. The molecule has 4 rings (SSSR count). The Bertz CT molecular complexity index is 977. The van der Waals surface area contributed by atoms with E-state index >= 15 is 0 Å². The summed E-state index contributed by atoms with van der Waals surface area (Å²) in [5.74, 6) is -2.48. The molecule has 1 spiro atoms. The first-order valence-corrected chi connectivity index (χ1v) is 11.4. The van der Waals surface area contributed by atoms with Gasteiger partial charge in [-0.25, -0.2) is 13.6 Å². The second kappa shape index (κ2) is 9.95. The molecule has 4 atom stereocenters. The SMILES string of the molecule is CN1CC2(CCN(c3c(F)cncc3NC(=O)C(C(N)N=O)C3NCC(F)CN3C)CC2)OC1=O. The number of nitrogens with one attached hydrogen (secondary N) is 2. The Labute approximate surface area is 201 Å². The lowest BCUT2D eigenvalue weighted by molar-refractivity contribution is -0.124. The van der Waals surface area contributed by atoms with Gasteiger partial charge in [-0.15, -0.1) is 4.91 Å². The Morgan fingerprint density at radius 2 is 2.09 bits per heavy atom. The Morgan fingerprint density at radius 3 is 2.69 bits per heavy atom. The first-order chi connectivity index (χ1) is 16.6. The molecule has 3 fully saturated rings. The first kappa shape index (κ1) is 25.1. The summed E-state index contributed by atoms with van der Waals surface area (Å²) in [4.78, 5) is 45.1. The molecule has 4 heterocycles. The minimum absolute atomic E-state index is 0.00752. The molecule has 3 saturated heterocycles. The number of hydrogen-bond acceptors (Lipinski definition) is 10. The number of pyridine rings is 1. The number of carbonyl (C=O) groups is 2. The summed E-state index contributed by atoms with van der Waals surface area (Å²) in [5, 5.41) is 8.37. The van der Waals surface area contributed by atoms with Crippen molar-refractivity contribution in [3.63, 3.8) is 0 Å². The van der Waals surface area contributed by atoms with Crippen LogP contribution in [0.1, 0.15) is 12.8 Å². The summed E-state index contributed by atoms with van der Waals surface area (Å²) >= 11 is 0. The number of amides is 2. The van der Waals surface area contributed by atoms with Gasteiger partial charge in [-0.3, -0.25) is 20.0 Å². The van der Waals surface area contributed by atoms with Crippen molar-refractivity contribution < 1.29 is 23.1 Å². The number of alkyl halides is 1. The topological polar surface area (TPSA) is 145 Å². The molecule has 0 aromatic carbocycles. The van der Waals surface area contributed by atoms with Crippen LogP contribution in [0.15, 0.2) is 17.6 Å². The van der Waals surface area contributed by atoms with Crippen LogP contribution in [-0.2, 0) is 9.53 Å². The van der Waals surface area contributed by atoms with Crippen molar-refractivity contribution >= 4 is 23.4 Å². The summed E-state index contributed by atoms with van der Waals surface area (Å²) in [5.41, 5.74) is 5.48. The molecule has 1 aromatic rings. The monoisotopic (exact) mass is 496 g/mol. The van der Waals surface area contributed by atoms with E-state index in [1.807, 2.05) is 0 Å². The summed E-state index contributed by atoms with van der Waals surface area (Å²) in [6.07, 6.45) is -0.342. The molecule has 0 aliphatic carbocycles. The molecule has 4 unspecified atom stereocenters. The number of nitrogens with zero attached hydrogens (tertiary/aromatic N) is 5. The van der Waals surface area contributed by atoms with Crippen LogP contribution in [0, 0.1) is 16.6 Å². The number of carbonyl (C=O) groups excluding carboxylic acids is 2. The smallest absolute Gasteiger partial charge is 0.410 e. The molecule has 0 radical (unpaired) electrons. The van der Waals surface area contributed by atoms with E-state index in [9.17, 15) is 23.3 Å². The van der Waals surface area contributed by atoms with Gasteiger partial charge in [-0.2, -0.15) is 0 Å². The van der Waals surface area contributed by atoms with Crippen LogP contribution in [-0.4, -0.2) is 97.7 Å². The number of piperidine rings is 1. The zero-order valence-electron chi connectivity index (χ0n) is 19.6. The predicted octanol–water partition coefficient (Wildman–Crippen LogP) is 0.447. The van der Waals surface area contributed by atoms with Crippen molar-refractivity contribution in [2.75, 3.05) is 57.0 Å². The number of likely N-dealkylation sites (N-methyl/N-ethyl adjacent to an activating group) is 1. The Balaban J connectivity index is 1.53. The van der Waals surface area contributed by atoms with Crippen LogP contribution in [0.2, 0.25) is 0 Å². The zero-order valence-corrected chi connectivity index (χ0v) is 19.6. The molecule has 0 bridgehead atoms. The van der Waals surface area contributed by atoms with Crippen LogP contribution in [0.25, 0.3) is 0 Å². The molecule has 0 saturated carbocycles. The lowest BCUT2D eigenvalue weighted by Gasteiger charge is -2.40. The van der Waals surface area contributed by atoms with Crippen molar-refractivity contribution in [1.82, 2.24) is 20.1 Å². The van der Waals surface area contributed by atoms with Gasteiger partial charge in [-0.05, 0) is 7.05 Å². The van der Waals surface area contributed by atoms with Gasteiger partial charge in [-0.1, -0.05) is 5.18 Å². The van der Waals surface area contributed by atoms with E-state index in [1.165, 1.54) is 11.1 Å². The van der Waals surface area contributed by atoms with Gasteiger partial charge in [0.2, 0.25) is 5.91 Å². The molecule has 2 amide bonds. The third-order valence-corrected chi connectivity index (χ3v) is 6.90. The van der Waals surface area contributed by atoms with Crippen molar-refractivity contribution in [1.29, 1.82) is 0 Å². The zero-order chi connectivity index (χ0) is 25.3. The fourth-order valence-electron chi connectivity index (χ4n) is 5.09. The highest BCUT2D eigenvalue weighted by Crippen LogP contribution is 2.37. The molecule has 4 N–H and O–H groups in total. The van der Waals surface area contributed by atoms with E-state index in [4.69, 9.17) is 10.5 Å². The molecule has 3 aliphatic rings. The van der Waals surface area contributed by atoms with Crippen molar-refractivity contribution in [2.24, 2.45) is 16.8 Å². The summed E-state index contributed by atoms with van der Waals surface area (Å²) in [7, 11) is 3.27. The highest BCUT2D eigenvalue weighted by Gasteiger charge is 2.46. The van der Waals surface area contributed by atoms with Gasteiger partial charge in [0.1, 0.15) is 23.4 Å². The average Bonchev–Trinajstić information content (AvgIpc) is 3.09. The van der Waals surface area contributed by atoms with Crippen molar-refractivity contribution in [2.45, 2.75) is 36.9 Å². The van der Waals surface area contributed by atoms with E-state index in [0.29, 0.717) is 32.5 Å². The van der Waals surface area contributed by atoms with E-state index < -0.39 is 41.7 Å². The number of aromatic nitrogens is 1. The predicted molar refractivity (Wildman–Crippen MR) is 123 cm³/mol. The summed E-state index contributed by atoms with van der Waals surface area (Å²) in [6.45, 7) is 1.27. The number of rotatable bonds is 6. The van der Waals surface area contributed by atoms with Crippen LogP contribution < -0.4 is 21.3 Å². The minimum Gasteiger partial charge on any atom is -0.441 e. The molecule has 1 aromatic heterocycles. The summed E-state index contributed by atoms with van der Waals surface area (Å²) in [6, 6.07) is 0. The van der Waals surface area contributed by atoms with E-state index in [-0.39, 0.29) is 30.6 Å². The van der Waals surface area contributed by atoms with E-state index in [1.54, 1.807) is 23.9 Å². The van der Waals surface area contributed by atoms with Crippen molar-refractivity contribution in [3.05, 3.63) is 23.1 Å². The maximum absolute atomic E-state index is 15.0. The van der Waals surface area contributed by atoms with E-state index in [2.05, 4.69) is 20.8 Å². The number of halogens is 2. The molecule has 3 aliphatic heterocycles. The normalized spacial score (nSPS) is 26.4. The van der Waals surface area contributed by atoms with Gasteiger partial charge in [0, 0.05) is 46.1 Å². The highest BCUT2D eigenvalue weighted by atomic mass is 19.1. The third-order valence-electron chi connectivity index (χ3n) is 6.90. The molecule has 192 valence electrons. The third kappa shape index (κ3) is 5.04. The molecular formula is C21H30F2N8O4. The standard InChI is InChI=1S/C21H30F2N8O4/c1-29-10-12(22)7-26-18(29)15(17(24)28-34)19(32)27-14-9-25-8-13(23)16(14)31-5-3-21(4-6-31)11-30(2)20(33)35-21/h8-9,12,15,17-18,26H,3-7,10-11,24H2,1-2H3,(H,27,32). The largest absolute Gasteiger partial charge is 0.441 e. The van der Waals surface area contributed by atoms with Crippen LogP contribution in [0.3, 0.4) is 0 Å². The van der Waals surface area contributed by atoms with Gasteiger partial charge < -0.3 is 25.6 Å². The molecular weight excluding hydrogens is 466 g/mol. The van der Waals surface area contributed by atoms with Crippen LogP contribution in [0.5, 0.6) is 0 Å². The average molecular weight is 497 g/mol. The molecule has 12 nitrogen and oxygen atoms in total. The maximum Gasteiger partial charge on any atom is 0.410 e. The number of ether oxygens (including phenoxy) is 1. The fourth-order valence-corrected chi connectivity index (χ4v) is 5.09. The second-order valence-electron chi connectivity index (χ2n) is 9.41. The molecule has 35 heavy (non-hydrogen) atoms.